The molecule has 7 heterocycles. The van der Waals surface area contributed by atoms with Crippen molar-refractivity contribution in [1.29, 1.82) is 0 Å². The second-order valence-corrected chi connectivity index (χ2v) is 14.9. The molecule has 4 unspecified atom stereocenters. The molecule has 2 fully saturated rings. The summed E-state index contributed by atoms with van der Waals surface area (Å²) in [5.74, 6) is 1.19. The predicted octanol–water partition coefficient (Wildman–Crippen LogP) is 2.71. The summed E-state index contributed by atoms with van der Waals surface area (Å²) in [4.78, 5) is 5.41. The molecule has 0 aromatic rings. The monoisotopic (exact) mass is 586 g/mol. The van der Waals surface area contributed by atoms with E-state index in [0.717, 1.165) is 78.3 Å². The predicted molar refractivity (Wildman–Crippen MR) is 175 cm³/mol. The van der Waals surface area contributed by atoms with Crippen LogP contribution in [0.5, 0.6) is 0 Å². The molecule has 8 nitrogen and oxygen atoms in total. The van der Waals surface area contributed by atoms with E-state index in [1.165, 1.54) is 50.2 Å². The van der Waals surface area contributed by atoms with Crippen molar-refractivity contribution in [3.8, 4) is 0 Å². The molecule has 3 spiro atoms. The first-order chi connectivity index (χ1) is 21.0. The van der Waals surface area contributed by atoms with E-state index in [1.807, 2.05) is 0 Å². The van der Waals surface area contributed by atoms with Crippen LogP contribution in [-0.4, -0.2) is 87.8 Å². The van der Waals surface area contributed by atoms with Gasteiger partial charge in [0.1, 0.15) is 0 Å². The van der Waals surface area contributed by atoms with Crippen LogP contribution in [0, 0.1) is 21.7 Å². The first-order valence-electron chi connectivity index (χ1n) is 17.1. The zero-order chi connectivity index (χ0) is 29.2. The summed E-state index contributed by atoms with van der Waals surface area (Å²) in [7, 11) is 0. The molecule has 7 rings (SSSR count). The van der Waals surface area contributed by atoms with Crippen molar-refractivity contribution in [2.75, 3.05) is 72.0 Å². The molecule has 0 amide bonds. The Morgan fingerprint density at radius 1 is 0.907 bits per heavy atom. The maximum absolute atomic E-state index is 3.85. The summed E-state index contributed by atoms with van der Waals surface area (Å²) in [5.41, 5.74) is 5.93. The van der Waals surface area contributed by atoms with E-state index in [0.29, 0.717) is 11.5 Å². The van der Waals surface area contributed by atoms with Crippen LogP contribution in [0.4, 0.5) is 0 Å². The first-order valence-corrected chi connectivity index (χ1v) is 17.1. The fraction of sp³-hybridized carbons (Fsp3) is 0.686. The third-order valence-electron chi connectivity index (χ3n) is 11.5. The van der Waals surface area contributed by atoms with E-state index < -0.39 is 0 Å². The smallest absolute Gasteiger partial charge is 0.0955 e. The minimum absolute atomic E-state index is 0.00163. The van der Waals surface area contributed by atoms with Gasteiger partial charge in [-0.1, -0.05) is 25.2 Å². The number of allylic oxidation sites excluding steroid dienone is 1. The van der Waals surface area contributed by atoms with Crippen molar-refractivity contribution in [2.45, 2.75) is 57.9 Å². The van der Waals surface area contributed by atoms with Crippen LogP contribution in [0.15, 0.2) is 66.2 Å². The van der Waals surface area contributed by atoms with Crippen LogP contribution in [0.2, 0.25) is 0 Å². The van der Waals surface area contributed by atoms with E-state index >= 15 is 0 Å². The Balaban J connectivity index is 1.07. The molecule has 0 aromatic heterocycles. The number of rotatable bonds is 6. The van der Waals surface area contributed by atoms with Crippen LogP contribution in [0.25, 0.3) is 0 Å². The largest absolute Gasteiger partial charge is 0.391 e. The molecule has 0 bridgehead atoms. The fourth-order valence-corrected chi connectivity index (χ4v) is 8.73. The van der Waals surface area contributed by atoms with Crippen LogP contribution in [-0.2, 0) is 0 Å². The highest BCUT2D eigenvalue weighted by Crippen LogP contribution is 2.42. The number of nitrogens with zero attached hydrogens (tertiary/aromatic N) is 2. The molecule has 234 valence electrons. The molecule has 6 N–H and O–H groups in total. The highest BCUT2D eigenvalue weighted by atomic mass is 15.3. The second kappa shape index (κ2) is 12.0. The fourth-order valence-electron chi connectivity index (χ4n) is 8.73. The minimum Gasteiger partial charge on any atom is -0.391 e. The van der Waals surface area contributed by atoms with Crippen LogP contribution >= 0.6 is 0 Å². The minimum atomic E-state index is 0.00163. The van der Waals surface area contributed by atoms with Crippen LogP contribution in [0.1, 0.15) is 51.9 Å². The van der Waals surface area contributed by atoms with Gasteiger partial charge in [-0.05, 0) is 88.0 Å². The Kier molecular flexibility index (Phi) is 8.15. The van der Waals surface area contributed by atoms with Gasteiger partial charge in [-0.25, -0.2) is 0 Å². The summed E-state index contributed by atoms with van der Waals surface area (Å²) in [6, 6.07) is 0.566. The molecular formula is C35H54N8. The van der Waals surface area contributed by atoms with Gasteiger partial charge in [-0.3, -0.25) is 4.90 Å². The molecular weight excluding hydrogens is 532 g/mol. The summed E-state index contributed by atoms with van der Waals surface area (Å²) < 4.78 is 0. The van der Waals surface area contributed by atoms with Crippen molar-refractivity contribution in [3.05, 3.63) is 66.2 Å². The molecule has 2 saturated heterocycles. The van der Waals surface area contributed by atoms with Gasteiger partial charge in [-0.2, -0.15) is 0 Å². The molecule has 7 aliphatic rings. The molecule has 7 aliphatic heterocycles. The Bertz CT molecular complexity index is 1210. The number of nitrogens with one attached hydrogen (secondary N) is 6. The topological polar surface area (TPSA) is 78.7 Å². The summed E-state index contributed by atoms with van der Waals surface area (Å²) in [6.07, 6.45) is 27.2. The summed E-state index contributed by atoms with van der Waals surface area (Å²) >= 11 is 0. The lowest BCUT2D eigenvalue weighted by atomic mass is 9.72. The van der Waals surface area contributed by atoms with Crippen molar-refractivity contribution >= 4 is 0 Å². The maximum Gasteiger partial charge on any atom is 0.0955 e. The molecule has 0 saturated carbocycles. The lowest BCUT2D eigenvalue weighted by Crippen LogP contribution is -2.59. The normalized spacial score (nSPS) is 37.0. The SMILES string of the molecule is CC1(CCNC2=CC3(C=C=CN(C4=CC5(CCNCC5)CN(C5CNCC6(C=CNCC6)C5)C4)C3)CCN2)C=CNCC1. The van der Waals surface area contributed by atoms with Crippen molar-refractivity contribution in [3.63, 3.8) is 0 Å². The molecule has 4 atom stereocenters. The Morgan fingerprint density at radius 2 is 1.74 bits per heavy atom. The third kappa shape index (κ3) is 6.44. The van der Waals surface area contributed by atoms with Gasteiger partial charge in [0.05, 0.1) is 5.82 Å². The molecule has 43 heavy (non-hydrogen) atoms. The first kappa shape index (κ1) is 29.1. The lowest BCUT2D eigenvalue weighted by Gasteiger charge is -2.51. The molecule has 0 aromatic carbocycles. The highest BCUT2D eigenvalue weighted by molar-refractivity contribution is 5.27. The van der Waals surface area contributed by atoms with Crippen molar-refractivity contribution < 1.29 is 0 Å². The van der Waals surface area contributed by atoms with E-state index in [-0.39, 0.29) is 16.2 Å². The maximum atomic E-state index is 3.85. The average Bonchev–Trinajstić information content (AvgIpc) is 3.02. The van der Waals surface area contributed by atoms with Gasteiger partial charge >= 0.3 is 0 Å². The van der Waals surface area contributed by atoms with E-state index in [1.54, 1.807) is 0 Å². The van der Waals surface area contributed by atoms with Crippen molar-refractivity contribution in [2.24, 2.45) is 21.7 Å². The van der Waals surface area contributed by atoms with Gasteiger partial charge in [0.25, 0.3) is 0 Å². The zero-order valence-electron chi connectivity index (χ0n) is 26.3. The molecule has 0 aliphatic carbocycles. The van der Waals surface area contributed by atoms with Gasteiger partial charge in [0.2, 0.25) is 0 Å². The number of hydrogen-bond acceptors (Lipinski definition) is 8. The van der Waals surface area contributed by atoms with E-state index in [4.69, 9.17) is 0 Å². The Morgan fingerprint density at radius 3 is 2.56 bits per heavy atom. The van der Waals surface area contributed by atoms with E-state index in [9.17, 15) is 0 Å². The van der Waals surface area contributed by atoms with Crippen LogP contribution in [0.3, 0.4) is 0 Å². The number of hydrogen-bond donors (Lipinski definition) is 6. The lowest BCUT2D eigenvalue weighted by molar-refractivity contribution is 0.0551. The Hall–Kier alpha value is -2.64. The highest BCUT2D eigenvalue weighted by Gasteiger charge is 2.44. The summed E-state index contributed by atoms with van der Waals surface area (Å²) in [6.45, 7) is 14.2. The van der Waals surface area contributed by atoms with Crippen molar-refractivity contribution in [1.82, 2.24) is 41.7 Å². The molecule has 8 heteroatoms. The van der Waals surface area contributed by atoms with Gasteiger partial charge < -0.3 is 36.8 Å². The van der Waals surface area contributed by atoms with E-state index in [2.05, 4.69) is 103 Å². The standard InChI is InChI=1S/C35H54N8/c1-32(4-12-36-13-5-32)6-18-40-31-23-34(11-19-41-31)3-2-20-42(27-34)30-22-35(9-16-38-17-10-35)28-43(25-30)29-21-33(26-39-24-29)7-14-37-15-8-33/h3-4,7,12,14,20,22-23,29,36-41H,5-6,8-11,13,15-19,21,24-28H2,1H3. The number of piperidine rings is 2. The third-order valence-corrected chi connectivity index (χ3v) is 11.5. The zero-order valence-corrected chi connectivity index (χ0v) is 26.3. The van der Waals surface area contributed by atoms with Gasteiger partial charge in [-0.15, -0.1) is 5.73 Å². The average molecular weight is 587 g/mol. The van der Waals surface area contributed by atoms with Gasteiger partial charge in [0.15, 0.2) is 0 Å². The molecule has 0 radical (unpaired) electrons. The quantitative estimate of drug-likeness (QED) is 0.266. The van der Waals surface area contributed by atoms with Crippen LogP contribution < -0.4 is 31.9 Å². The Labute approximate surface area is 259 Å². The second-order valence-electron chi connectivity index (χ2n) is 14.9. The van der Waals surface area contributed by atoms with Gasteiger partial charge in [0, 0.05) is 93.1 Å². The summed E-state index contributed by atoms with van der Waals surface area (Å²) in [5, 5.41) is 21.7.